The first-order valence-electron chi connectivity index (χ1n) is 10.1. The third kappa shape index (κ3) is 5.51. The van der Waals surface area contributed by atoms with Crippen molar-refractivity contribution in [2.45, 2.75) is 32.9 Å². The number of rotatable bonds is 5. The zero-order chi connectivity index (χ0) is 20.8. The van der Waals surface area contributed by atoms with Gasteiger partial charge in [0.1, 0.15) is 0 Å². The summed E-state index contributed by atoms with van der Waals surface area (Å²) in [6.07, 6.45) is 0.931. The lowest BCUT2D eigenvalue weighted by Crippen LogP contribution is -2.45. The average Bonchev–Trinajstić information content (AvgIpc) is 3.19. The van der Waals surface area contributed by atoms with Crippen molar-refractivity contribution >= 4 is 23.5 Å². The molecular weight excluding hydrogens is 384 g/mol. The highest BCUT2D eigenvalue weighted by Gasteiger charge is 2.27. The number of carbonyl (C=O) groups is 1. The number of nitrogens with one attached hydrogen (secondary N) is 2. The van der Waals surface area contributed by atoms with Crippen LogP contribution in [0, 0.1) is 5.92 Å². The molecule has 3 rings (SSSR count). The Morgan fingerprint density at radius 2 is 1.93 bits per heavy atom. The Kier molecular flexibility index (Phi) is 7.15. The van der Waals surface area contributed by atoms with Gasteiger partial charge in [-0.25, -0.2) is 0 Å². The van der Waals surface area contributed by atoms with Gasteiger partial charge in [-0.05, 0) is 35.2 Å². The molecule has 0 saturated carbocycles. The highest BCUT2D eigenvalue weighted by Crippen LogP contribution is 2.25. The second-order valence-corrected chi connectivity index (χ2v) is 8.10. The van der Waals surface area contributed by atoms with E-state index in [1.165, 1.54) is 11.1 Å². The van der Waals surface area contributed by atoms with Crippen LogP contribution in [0.4, 0.5) is 0 Å². The largest absolute Gasteiger partial charge is 0.352 e. The number of nitrogens with zero attached hydrogens (tertiary/aromatic N) is 2. The number of guanidine groups is 1. The van der Waals surface area contributed by atoms with E-state index in [4.69, 9.17) is 11.6 Å². The number of halogens is 1. The van der Waals surface area contributed by atoms with Gasteiger partial charge in [0.2, 0.25) is 5.91 Å². The number of hydrogen-bond donors (Lipinski definition) is 2. The number of amides is 1. The van der Waals surface area contributed by atoms with E-state index < -0.39 is 0 Å². The molecule has 0 aliphatic carbocycles. The monoisotopic (exact) mass is 412 g/mol. The smallest absolute Gasteiger partial charge is 0.225 e. The van der Waals surface area contributed by atoms with Crippen LogP contribution in [0.2, 0.25) is 5.02 Å². The minimum Gasteiger partial charge on any atom is -0.352 e. The van der Waals surface area contributed by atoms with Crippen molar-refractivity contribution < 1.29 is 4.79 Å². The van der Waals surface area contributed by atoms with Gasteiger partial charge >= 0.3 is 0 Å². The molecule has 1 aliphatic heterocycles. The summed E-state index contributed by atoms with van der Waals surface area (Å²) in [6, 6.07) is 16.4. The van der Waals surface area contributed by atoms with Crippen molar-refractivity contribution in [3.8, 4) is 11.1 Å². The standard InChI is InChI=1S/C23H29ClN4O/c1-16(2)22(29)28-13-12-20(15-28)27-23(25-3)26-14-18-6-4-5-7-21(18)17-8-10-19(24)11-9-17/h4-11,16,20H,12-15H2,1-3H3,(H2,25,26,27). The van der Waals surface area contributed by atoms with Crippen LogP contribution in [0.5, 0.6) is 0 Å². The van der Waals surface area contributed by atoms with Crippen LogP contribution in [0.3, 0.4) is 0 Å². The average molecular weight is 413 g/mol. The maximum Gasteiger partial charge on any atom is 0.225 e. The first-order valence-corrected chi connectivity index (χ1v) is 10.5. The minimum atomic E-state index is 0.0376. The van der Waals surface area contributed by atoms with Crippen molar-refractivity contribution in [2.75, 3.05) is 20.1 Å². The fourth-order valence-corrected chi connectivity index (χ4v) is 3.72. The van der Waals surface area contributed by atoms with Crippen molar-refractivity contribution in [1.82, 2.24) is 15.5 Å². The molecule has 2 aromatic rings. The quantitative estimate of drug-likeness (QED) is 0.578. The molecule has 1 heterocycles. The second-order valence-electron chi connectivity index (χ2n) is 7.66. The van der Waals surface area contributed by atoms with Gasteiger partial charge in [-0.2, -0.15) is 0 Å². The van der Waals surface area contributed by atoms with Crippen molar-refractivity contribution in [1.29, 1.82) is 0 Å². The fourth-order valence-electron chi connectivity index (χ4n) is 3.60. The summed E-state index contributed by atoms with van der Waals surface area (Å²) in [7, 11) is 1.77. The molecule has 29 heavy (non-hydrogen) atoms. The van der Waals surface area contributed by atoms with E-state index in [2.05, 4.69) is 27.8 Å². The van der Waals surface area contributed by atoms with Gasteiger partial charge in [-0.3, -0.25) is 9.79 Å². The molecule has 154 valence electrons. The van der Waals surface area contributed by atoms with Crippen molar-refractivity contribution in [3.63, 3.8) is 0 Å². The Bertz CT molecular complexity index is 863. The van der Waals surface area contributed by atoms with Gasteiger partial charge in [-0.1, -0.05) is 61.8 Å². The number of hydrogen-bond acceptors (Lipinski definition) is 2. The second kappa shape index (κ2) is 9.79. The molecule has 1 aliphatic rings. The van der Waals surface area contributed by atoms with Gasteiger partial charge < -0.3 is 15.5 Å². The van der Waals surface area contributed by atoms with Crippen LogP contribution in [0.15, 0.2) is 53.5 Å². The molecule has 1 amide bonds. The van der Waals surface area contributed by atoms with Crippen LogP contribution in [0.1, 0.15) is 25.8 Å². The molecule has 0 bridgehead atoms. The Hall–Kier alpha value is -2.53. The van der Waals surface area contributed by atoms with E-state index in [-0.39, 0.29) is 17.9 Å². The lowest BCUT2D eigenvalue weighted by Gasteiger charge is -2.20. The summed E-state index contributed by atoms with van der Waals surface area (Å²) in [5.41, 5.74) is 3.48. The van der Waals surface area contributed by atoms with Crippen LogP contribution in [-0.4, -0.2) is 42.9 Å². The molecule has 1 unspecified atom stereocenters. The highest BCUT2D eigenvalue weighted by molar-refractivity contribution is 6.30. The fraction of sp³-hybridized carbons (Fsp3) is 0.391. The summed E-state index contributed by atoms with van der Waals surface area (Å²) < 4.78 is 0. The lowest BCUT2D eigenvalue weighted by atomic mass is 10.00. The van der Waals surface area contributed by atoms with E-state index in [9.17, 15) is 4.79 Å². The third-order valence-electron chi connectivity index (χ3n) is 5.18. The number of carbonyl (C=O) groups excluding carboxylic acids is 1. The van der Waals surface area contributed by atoms with Gasteiger partial charge in [-0.15, -0.1) is 0 Å². The van der Waals surface area contributed by atoms with E-state index in [1.54, 1.807) is 7.05 Å². The molecule has 1 atom stereocenters. The summed E-state index contributed by atoms with van der Waals surface area (Å²) in [5.74, 6) is 1.00. The molecule has 0 aromatic heterocycles. The lowest BCUT2D eigenvalue weighted by molar-refractivity contribution is -0.133. The normalized spacial score (nSPS) is 16.9. The predicted octanol–water partition coefficient (Wildman–Crippen LogP) is 3.93. The Balaban J connectivity index is 1.61. The zero-order valence-electron chi connectivity index (χ0n) is 17.3. The summed E-state index contributed by atoms with van der Waals surface area (Å²) in [5, 5.41) is 7.60. The van der Waals surface area contributed by atoms with E-state index in [1.807, 2.05) is 55.1 Å². The minimum absolute atomic E-state index is 0.0376. The summed E-state index contributed by atoms with van der Waals surface area (Å²) in [6.45, 7) is 6.06. The molecule has 2 N–H and O–H groups in total. The maximum absolute atomic E-state index is 12.2. The highest BCUT2D eigenvalue weighted by atomic mass is 35.5. The molecule has 1 saturated heterocycles. The van der Waals surface area contributed by atoms with Crippen molar-refractivity contribution in [3.05, 3.63) is 59.1 Å². The predicted molar refractivity (Wildman–Crippen MR) is 120 cm³/mol. The van der Waals surface area contributed by atoms with Gasteiger partial charge in [0.25, 0.3) is 0 Å². The number of benzene rings is 2. The van der Waals surface area contributed by atoms with Crippen LogP contribution in [0.25, 0.3) is 11.1 Å². The first-order chi connectivity index (χ1) is 14.0. The first kappa shape index (κ1) is 21.2. The summed E-state index contributed by atoms with van der Waals surface area (Å²) >= 11 is 6.03. The number of likely N-dealkylation sites (tertiary alicyclic amines) is 1. The molecule has 1 fully saturated rings. The molecule has 6 heteroatoms. The molecule has 2 aromatic carbocycles. The Morgan fingerprint density at radius 1 is 1.21 bits per heavy atom. The third-order valence-corrected chi connectivity index (χ3v) is 5.43. The SMILES string of the molecule is CN=C(NCc1ccccc1-c1ccc(Cl)cc1)NC1CCN(C(=O)C(C)C)C1. The van der Waals surface area contributed by atoms with Crippen LogP contribution >= 0.6 is 11.6 Å². The molecule has 5 nitrogen and oxygen atoms in total. The number of aliphatic imine (C=N–C) groups is 1. The topological polar surface area (TPSA) is 56.7 Å². The maximum atomic E-state index is 12.2. The van der Waals surface area contributed by atoms with Crippen molar-refractivity contribution in [2.24, 2.45) is 10.9 Å². The Labute approximate surface area is 178 Å². The molecule has 0 spiro atoms. The van der Waals surface area contributed by atoms with E-state index >= 15 is 0 Å². The zero-order valence-corrected chi connectivity index (χ0v) is 18.0. The van der Waals surface area contributed by atoms with E-state index in [0.717, 1.165) is 36.1 Å². The van der Waals surface area contributed by atoms with Gasteiger partial charge in [0.05, 0.1) is 0 Å². The van der Waals surface area contributed by atoms with Crippen LogP contribution < -0.4 is 10.6 Å². The molecular formula is C23H29ClN4O. The molecule has 0 radical (unpaired) electrons. The van der Waals surface area contributed by atoms with E-state index in [0.29, 0.717) is 6.54 Å². The van der Waals surface area contributed by atoms with Gasteiger partial charge in [0, 0.05) is 43.7 Å². The van der Waals surface area contributed by atoms with Gasteiger partial charge in [0.15, 0.2) is 5.96 Å². The summed E-state index contributed by atoms with van der Waals surface area (Å²) in [4.78, 5) is 18.5. The van der Waals surface area contributed by atoms with Crippen LogP contribution in [-0.2, 0) is 11.3 Å². The Morgan fingerprint density at radius 3 is 2.62 bits per heavy atom.